The summed E-state index contributed by atoms with van der Waals surface area (Å²) in [6.07, 6.45) is 7.69. The number of nitrogens with one attached hydrogen (secondary N) is 3. The van der Waals surface area contributed by atoms with Gasteiger partial charge in [0.05, 0.1) is 28.4 Å². The highest BCUT2D eigenvalue weighted by Gasteiger charge is 2.23. The lowest BCUT2D eigenvalue weighted by Crippen LogP contribution is -2.13. The van der Waals surface area contributed by atoms with Gasteiger partial charge in [0.1, 0.15) is 17.2 Å². The van der Waals surface area contributed by atoms with Gasteiger partial charge in [0.25, 0.3) is 0 Å². The fourth-order valence-corrected chi connectivity index (χ4v) is 3.98. The molecule has 1 fully saturated rings. The van der Waals surface area contributed by atoms with E-state index in [0.717, 1.165) is 41.9 Å². The first-order valence-corrected chi connectivity index (χ1v) is 13.0. The van der Waals surface area contributed by atoms with Crippen LogP contribution in [0.3, 0.4) is 0 Å². The van der Waals surface area contributed by atoms with Crippen molar-refractivity contribution in [1.29, 1.82) is 10.7 Å². The summed E-state index contributed by atoms with van der Waals surface area (Å²) in [7, 11) is 0. The molecule has 0 radical (unpaired) electrons. The van der Waals surface area contributed by atoms with Gasteiger partial charge in [-0.15, -0.1) is 0 Å². The number of aromatic amines is 2. The van der Waals surface area contributed by atoms with Crippen molar-refractivity contribution in [2.24, 2.45) is 16.8 Å². The molecule has 0 spiro atoms. The van der Waals surface area contributed by atoms with E-state index in [2.05, 4.69) is 29.9 Å². The number of aliphatic imine (C=N–C) groups is 1. The Morgan fingerprint density at radius 2 is 2.05 bits per heavy atom. The van der Waals surface area contributed by atoms with Crippen LogP contribution in [0.25, 0.3) is 6.08 Å². The van der Waals surface area contributed by atoms with Crippen molar-refractivity contribution in [1.82, 2.24) is 9.97 Å². The summed E-state index contributed by atoms with van der Waals surface area (Å²) in [5.41, 5.74) is 3.54. The quantitative estimate of drug-likeness (QED) is 0.191. The molecule has 0 saturated heterocycles. The van der Waals surface area contributed by atoms with Gasteiger partial charge in [-0.2, -0.15) is 5.26 Å². The molecule has 9 heteroatoms. The van der Waals surface area contributed by atoms with Crippen LogP contribution in [0.5, 0.6) is 11.6 Å². The first-order chi connectivity index (χ1) is 18.1. The Labute approximate surface area is 227 Å². The Hall–Kier alpha value is -3.83. The molecule has 1 aromatic heterocycles. The fourth-order valence-electron chi connectivity index (χ4n) is 3.76. The highest BCUT2D eigenvalue weighted by Crippen LogP contribution is 2.32. The summed E-state index contributed by atoms with van der Waals surface area (Å²) in [6.45, 7) is 10.1. The summed E-state index contributed by atoms with van der Waals surface area (Å²) in [4.78, 5) is 21.3. The molecule has 0 amide bonds. The molecule has 200 valence electrons. The van der Waals surface area contributed by atoms with Gasteiger partial charge in [-0.3, -0.25) is 9.98 Å². The molecular formula is C29H34ClN5O3. The number of benzene rings is 1. The molecular weight excluding hydrogens is 502 g/mol. The van der Waals surface area contributed by atoms with Gasteiger partial charge in [-0.25, -0.2) is 4.79 Å². The van der Waals surface area contributed by atoms with Crippen LogP contribution in [0.2, 0.25) is 5.02 Å². The maximum Gasteiger partial charge on any atom is 0.326 e. The van der Waals surface area contributed by atoms with E-state index in [4.69, 9.17) is 32.0 Å². The van der Waals surface area contributed by atoms with Crippen LogP contribution >= 0.6 is 11.6 Å². The normalized spacial score (nSPS) is 16.9. The van der Waals surface area contributed by atoms with Crippen LogP contribution in [-0.2, 0) is 0 Å². The molecule has 4 N–H and O–H groups in total. The number of hydrogen-bond acceptors (Lipinski definition) is 6. The molecule has 1 aliphatic rings. The van der Waals surface area contributed by atoms with Gasteiger partial charge in [-0.1, -0.05) is 37.9 Å². The third-order valence-corrected chi connectivity index (χ3v) is 7.17. The molecule has 1 heterocycles. The van der Waals surface area contributed by atoms with Crippen molar-refractivity contribution < 1.29 is 9.84 Å². The number of imidazole rings is 1. The maximum absolute atomic E-state index is 11.5. The molecule has 2 atom stereocenters. The third-order valence-electron chi connectivity index (χ3n) is 6.87. The molecule has 38 heavy (non-hydrogen) atoms. The monoisotopic (exact) mass is 535 g/mol. The van der Waals surface area contributed by atoms with Crippen molar-refractivity contribution in [3.63, 3.8) is 0 Å². The number of aromatic nitrogens is 2. The van der Waals surface area contributed by atoms with Crippen molar-refractivity contribution in [3.8, 4) is 17.7 Å². The topological polar surface area (TPSA) is 138 Å². The predicted molar refractivity (Wildman–Crippen MR) is 152 cm³/mol. The Balaban J connectivity index is 2.03. The van der Waals surface area contributed by atoms with E-state index in [1.807, 2.05) is 26.8 Å². The second-order valence-electron chi connectivity index (χ2n) is 9.62. The highest BCUT2D eigenvalue weighted by molar-refractivity contribution is 6.32. The lowest BCUT2D eigenvalue weighted by molar-refractivity contribution is 0.354. The van der Waals surface area contributed by atoms with E-state index in [1.54, 1.807) is 24.3 Å². The minimum atomic E-state index is -0.516. The lowest BCUT2D eigenvalue weighted by Gasteiger charge is -2.20. The van der Waals surface area contributed by atoms with Gasteiger partial charge in [0.15, 0.2) is 0 Å². The van der Waals surface area contributed by atoms with E-state index >= 15 is 0 Å². The average Bonchev–Trinajstić information content (AvgIpc) is 3.67. The van der Waals surface area contributed by atoms with Gasteiger partial charge < -0.3 is 20.2 Å². The largest absolute Gasteiger partial charge is 0.493 e. The number of H-pyrrole nitrogens is 2. The predicted octanol–water partition coefficient (Wildman–Crippen LogP) is 6.55. The zero-order chi connectivity index (χ0) is 28.0. The van der Waals surface area contributed by atoms with Gasteiger partial charge in [-0.05, 0) is 68.5 Å². The number of rotatable bonds is 11. The Kier molecular flexibility index (Phi) is 9.54. The molecule has 1 saturated carbocycles. The zero-order valence-electron chi connectivity index (χ0n) is 22.4. The van der Waals surface area contributed by atoms with Crippen LogP contribution in [0.1, 0.15) is 65.1 Å². The summed E-state index contributed by atoms with van der Waals surface area (Å²) >= 11 is 6.40. The summed E-state index contributed by atoms with van der Waals surface area (Å²) in [5.74, 6) is 0.821. The average molecular weight is 536 g/mol. The molecule has 2 unspecified atom stereocenters. The van der Waals surface area contributed by atoms with Crippen LogP contribution in [0.15, 0.2) is 56.5 Å². The number of nitriles is 1. The Morgan fingerprint density at radius 1 is 1.34 bits per heavy atom. The third kappa shape index (κ3) is 7.14. The van der Waals surface area contributed by atoms with E-state index in [9.17, 15) is 9.90 Å². The molecule has 3 rings (SSSR count). The second-order valence-corrected chi connectivity index (χ2v) is 10.0. The fraction of sp³-hybridized carbons (Fsp3) is 0.379. The standard InChI is InChI=1S/C29H34ClN5O3/c1-6-16(2)27(38-26-10-7-20(14-31)11-23(26)30)13-24(33-22-8-9-22)19(5)17(3)18(4)21(15-32)12-25-28(36)35-29(37)34-25/h7,10-13,15-16,18,22,32,36H,6,8-9H2,1-5H3,(H2,34,35,37)/b19-17?,21-12-,27-13+,32-15?,33-24?. The molecule has 8 nitrogen and oxygen atoms in total. The number of hydrogen-bond donors (Lipinski definition) is 4. The number of allylic oxidation sites excluding steroid dienone is 5. The SMILES string of the molecule is CCC(C)/C(=C\C(=NC1CC1)C(C)=C(C)C(C)/C(C=N)=C\c1[nH]c(=O)[nH]c1O)Oc1ccc(C#N)cc1Cl. The van der Waals surface area contributed by atoms with Crippen LogP contribution < -0.4 is 10.4 Å². The molecule has 1 aromatic carbocycles. The summed E-state index contributed by atoms with van der Waals surface area (Å²) in [6, 6.07) is 7.30. The number of aromatic hydroxyl groups is 1. The summed E-state index contributed by atoms with van der Waals surface area (Å²) < 4.78 is 6.29. The first kappa shape index (κ1) is 28.7. The maximum atomic E-state index is 11.5. The first-order valence-electron chi connectivity index (χ1n) is 12.7. The van der Waals surface area contributed by atoms with Gasteiger partial charge >= 0.3 is 5.69 Å². The van der Waals surface area contributed by atoms with Gasteiger partial charge in [0, 0.05) is 24.1 Å². The van der Waals surface area contributed by atoms with Crippen molar-refractivity contribution in [3.05, 3.63) is 73.5 Å². The Bertz CT molecular complexity index is 1420. The molecule has 0 bridgehead atoms. The zero-order valence-corrected chi connectivity index (χ0v) is 23.1. The highest BCUT2D eigenvalue weighted by atomic mass is 35.5. The van der Waals surface area contributed by atoms with Gasteiger partial charge in [0.2, 0.25) is 5.88 Å². The molecule has 2 aromatic rings. The van der Waals surface area contributed by atoms with Crippen LogP contribution in [0, 0.1) is 28.6 Å². The van der Waals surface area contributed by atoms with Crippen LogP contribution in [-0.4, -0.2) is 33.0 Å². The Morgan fingerprint density at radius 3 is 2.58 bits per heavy atom. The van der Waals surface area contributed by atoms with Crippen LogP contribution in [0.4, 0.5) is 0 Å². The molecule has 1 aliphatic carbocycles. The van der Waals surface area contributed by atoms with E-state index < -0.39 is 5.69 Å². The summed E-state index contributed by atoms with van der Waals surface area (Å²) in [5, 5.41) is 27.4. The molecule has 0 aliphatic heterocycles. The van der Waals surface area contributed by atoms with Crippen molar-refractivity contribution in [2.75, 3.05) is 0 Å². The van der Waals surface area contributed by atoms with E-state index in [0.29, 0.717) is 21.9 Å². The smallest absolute Gasteiger partial charge is 0.326 e. The number of halogens is 1. The second kappa shape index (κ2) is 12.6. The van der Waals surface area contributed by atoms with Crippen molar-refractivity contribution in [2.45, 2.75) is 59.9 Å². The van der Waals surface area contributed by atoms with E-state index in [-0.39, 0.29) is 29.5 Å². The number of nitrogens with zero attached hydrogens (tertiary/aromatic N) is 2. The lowest BCUT2D eigenvalue weighted by atomic mass is 9.88. The number of ether oxygens (including phenoxy) is 1. The minimum Gasteiger partial charge on any atom is -0.493 e. The van der Waals surface area contributed by atoms with E-state index in [1.165, 1.54) is 6.21 Å². The van der Waals surface area contributed by atoms with Crippen molar-refractivity contribution >= 4 is 29.6 Å². The minimum absolute atomic E-state index is 0.0852.